The van der Waals surface area contributed by atoms with Gasteiger partial charge in [0.05, 0.1) is 0 Å². The van der Waals surface area contributed by atoms with Gasteiger partial charge < -0.3 is 15.1 Å². The number of piperazine rings is 1. The normalized spacial score (nSPS) is 26.9. The second-order valence-corrected chi connectivity index (χ2v) is 5.67. The number of fused-ring (bicyclic) bond motifs is 1. The molecule has 3 rings (SSSR count). The fraction of sp³-hybridized carbons (Fsp3) is 0.533. The molecule has 1 saturated heterocycles. The predicted molar refractivity (Wildman–Crippen MR) is 76.2 cm³/mol. The molecule has 0 aromatic heterocycles. The standard InChI is InChI=1S/C15H21N3O/c1-11-10-18(8-7-17(11)2)15(19)14-9-12-5-3-4-6-13(12)16-14/h3-6,11,14,16H,7-10H2,1-2H3/t11?,14-/m0/s1. The summed E-state index contributed by atoms with van der Waals surface area (Å²) < 4.78 is 0. The van der Waals surface area contributed by atoms with E-state index in [2.05, 4.69) is 36.3 Å². The van der Waals surface area contributed by atoms with Crippen molar-refractivity contribution in [2.45, 2.75) is 25.4 Å². The average molecular weight is 259 g/mol. The van der Waals surface area contributed by atoms with E-state index in [1.807, 2.05) is 17.0 Å². The smallest absolute Gasteiger partial charge is 0.245 e. The molecule has 2 atom stereocenters. The molecule has 0 aliphatic carbocycles. The van der Waals surface area contributed by atoms with Crippen LogP contribution in [0.1, 0.15) is 12.5 Å². The highest BCUT2D eigenvalue weighted by Crippen LogP contribution is 2.26. The molecule has 1 aromatic carbocycles. The Morgan fingerprint density at radius 3 is 2.84 bits per heavy atom. The van der Waals surface area contributed by atoms with Crippen LogP contribution in [-0.2, 0) is 11.2 Å². The van der Waals surface area contributed by atoms with Crippen LogP contribution in [0.15, 0.2) is 24.3 Å². The molecule has 0 spiro atoms. The van der Waals surface area contributed by atoms with Gasteiger partial charge in [-0.05, 0) is 25.6 Å². The summed E-state index contributed by atoms with van der Waals surface area (Å²) in [4.78, 5) is 16.9. The molecule has 1 aromatic rings. The van der Waals surface area contributed by atoms with Crippen molar-refractivity contribution >= 4 is 11.6 Å². The lowest BCUT2D eigenvalue weighted by Crippen LogP contribution is -2.55. The largest absolute Gasteiger partial charge is 0.373 e. The highest BCUT2D eigenvalue weighted by molar-refractivity contribution is 5.87. The SMILES string of the molecule is CC1CN(C(=O)[C@@H]2Cc3ccccc3N2)CCN1C. The molecule has 1 amide bonds. The highest BCUT2D eigenvalue weighted by atomic mass is 16.2. The Bertz CT molecular complexity index is 463. The van der Waals surface area contributed by atoms with Crippen LogP contribution in [0.5, 0.6) is 0 Å². The van der Waals surface area contributed by atoms with Crippen LogP contribution in [0.4, 0.5) is 5.69 Å². The summed E-state index contributed by atoms with van der Waals surface area (Å²) in [5.41, 5.74) is 2.37. The molecule has 2 aliphatic heterocycles. The van der Waals surface area contributed by atoms with Crippen molar-refractivity contribution in [2.24, 2.45) is 0 Å². The number of benzene rings is 1. The maximum absolute atomic E-state index is 12.6. The molecule has 4 nitrogen and oxygen atoms in total. The molecule has 1 unspecified atom stereocenters. The third-order valence-corrected chi connectivity index (χ3v) is 4.34. The van der Waals surface area contributed by atoms with E-state index in [1.165, 1.54) is 5.56 Å². The van der Waals surface area contributed by atoms with Gasteiger partial charge in [0.1, 0.15) is 6.04 Å². The first-order chi connectivity index (χ1) is 9.15. The molecular weight excluding hydrogens is 238 g/mol. The lowest BCUT2D eigenvalue weighted by atomic mass is 10.1. The Hall–Kier alpha value is -1.55. The topological polar surface area (TPSA) is 35.6 Å². The van der Waals surface area contributed by atoms with Crippen molar-refractivity contribution in [1.82, 2.24) is 9.80 Å². The zero-order chi connectivity index (χ0) is 13.4. The maximum Gasteiger partial charge on any atom is 0.245 e. The van der Waals surface area contributed by atoms with Crippen LogP contribution in [0.2, 0.25) is 0 Å². The molecule has 4 heteroatoms. The number of amides is 1. The predicted octanol–water partition coefficient (Wildman–Crippen LogP) is 1.19. The Labute approximate surface area is 114 Å². The van der Waals surface area contributed by atoms with E-state index in [-0.39, 0.29) is 11.9 Å². The third-order valence-electron chi connectivity index (χ3n) is 4.34. The number of para-hydroxylation sites is 1. The van der Waals surface area contributed by atoms with Gasteiger partial charge in [-0.25, -0.2) is 0 Å². The van der Waals surface area contributed by atoms with Crippen LogP contribution >= 0.6 is 0 Å². The van der Waals surface area contributed by atoms with E-state index < -0.39 is 0 Å². The van der Waals surface area contributed by atoms with E-state index in [4.69, 9.17) is 0 Å². The first kappa shape index (κ1) is 12.5. The molecule has 1 fully saturated rings. The van der Waals surface area contributed by atoms with Crippen LogP contribution in [0, 0.1) is 0 Å². The van der Waals surface area contributed by atoms with Crippen molar-refractivity contribution in [3.63, 3.8) is 0 Å². The van der Waals surface area contributed by atoms with Crippen molar-refractivity contribution < 1.29 is 4.79 Å². The number of hydrogen-bond donors (Lipinski definition) is 1. The molecule has 102 valence electrons. The van der Waals surface area contributed by atoms with Crippen molar-refractivity contribution in [2.75, 3.05) is 32.0 Å². The first-order valence-corrected chi connectivity index (χ1v) is 6.98. The number of carbonyl (C=O) groups excluding carboxylic acids is 1. The van der Waals surface area contributed by atoms with Crippen molar-refractivity contribution in [3.8, 4) is 0 Å². The number of nitrogens with zero attached hydrogens (tertiary/aromatic N) is 2. The monoisotopic (exact) mass is 259 g/mol. The second-order valence-electron chi connectivity index (χ2n) is 5.67. The van der Waals surface area contributed by atoms with Gasteiger partial charge in [-0.2, -0.15) is 0 Å². The molecular formula is C15H21N3O. The van der Waals surface area contributed by atoms with Gasteiger partial charge in [-0.3, -0.25) is 4.79 Å². The zero-order valence-electron chi connectivity index (χ0n) is 11.6. The van der Waals surface area contributed by atoms with E-state index in [0.29, 0.717) is 6.04 Å². The molecule has 2 heterocycles. The van der Waals surface area contributed by atoms with E-state index in [0.717, 1.165) is 31.7 Å². The molecule has 0 bridgehead atoms. The van der Waals surface area contributed by atoms with Crippen LogP contribution < -0.4 is 5.32 Å². The second kappa shape index (κ2) is 4.85. The zero-order valence-corrected chi connectivity index (χ0v) is 11.6. The van der Waals surface area contributed by atoms with Gasteiger partial charge >= 0.3 is 0 Å². The summed E-state index contributed by atoms with van der Waals surface area (Å²) in [6.07, 6.45) is 0.815. The first-order valence-electron chi connectivity index (χ1n) is 6.98. The fourth-order valence-corrected chi connectivity index (χ4v) is 2.92. The van der Waals surface area contributed by atoms with E-state index in [9.17, 15) is 4.79 Å². The summed E-state index contributed by atoms with van der Waals surface area (Å²) in [7, 11) is 2.12. The molecule has 2 aliphatic rings. The number of carbonyl (C=O) groups is 1. The third kappa shape index (κ3) is 2.32. The van der Waals surface area contributed by atoms with Crippen LogP contribution in [0.25, 0.3) is 0 Å². The average Bonchev–Trinajstić information content (AvgIpc) is 2.85. The summed E-state index contributed by atoms with van der Waals surface area (Å²) >= 11 is 0. The Balaban J connectivity index is 1.67. The van der Waals surface area contributed by atoms with Gasteiger partial charge in [0.2, 0.25) is 5.91 Å². The van der Waals surface area contributed by atoms with Crippen molar-refractivity contribution in [1.29, 1.82) is 0 Å². The van der Waals surface area contributed by atoms with Gasteiger partial charge in [-0.1, -0.05) is 18.2 Å². The van der Waals surface area contributed by atoms with E-state index >= 15 is 0 Å². The summed E-state index contributed by atoms with van der Waals surface area (Å²) in [6, 6.07) is 8.56. The van der Waals surface area contributed by atoms with Crippen molar-refractivity contribution in [3.05, 3.63) is 29.8 Å². The number of anilines is 1. The molecule has 0 saturated carbocycles. The highest BCUT2D eigenvalue weighted by Gasteiger charge is 2.32. The Morgan fingerprint density at radius 2 is 2.11 bits per heavy atom. The number of rotatable bonds is 1. The van der Waals surface area contributed by atoms with Gasteiger partial charge in [-0.15, -0.1) is 0 Å². The lowest BCUT2D eigenvalue weighted by molar-refractivity contribution is -0.134. The fourth-order valence-electron chi connectivity index (χ4n) is 2.92. The van der Waals surface area contributed by atoms with Gasteiger partial charge in [0.15, 0.2) is 0 Å². The lowest BCUT2D eigenvalue weighted by Gasteiger charge is -2.38. The quantitative estimate of drug-likeness (QED) is 0.823. The Morgan fingerprint density at radius 1 is 1.32 bits per heavy atom. The van der Waals surface area contributed by atoms with Crippen LogP contribution in [0.3, 0.4) is 0 Å². The molecule has 1 N–H and O–H groups in total. The summed E-state index contributed by atoms with van der Waals surface area (Å²) in [5.74, 6) is 0.246. The minimum absolute atomic E-state index is 0.0759. The number of likely N-dealkylation sites (N-methyl/N-ethyl adjacent to an activating group) is 1. The van der Waals surface area contributed by atoms with E-state index in [1.54, 1.807) is 0 Å². The number of hydrogen-bond acceptors (Lipinski definition) is 3. The van der Waals surface area contributed by atoms with Crippen LogP contribution in [-0.4, -0.2) is 54.5 Å². The maximum atomic E-state index is 12.6. The number of nitrogens with one attached hydrogen (secondary N) is 1. The summed E-state index contributed by atoms with van der Waals surface area (Å²) in [6.45, 7) is 4.82. The van der Waals surface area contributed by atoms with Gasteiger partial charge in [0, 0.05) is 37.8 Å². The molecule has 19 heavy (non-hydrogen) atoms. The van der Waals surface area contributed by atoms with Gasteiger partial charge in [0.25, 0.3) is 0 Å². The molecule has 0 radical (unpaired) electrons. The minimum atomic E-state index is -0.0759. The Kier molecular flexibility index (Phi) is 3.19. The minimum Gasteiger partial charge on any atom is -0.373 e. The summed E-state index contributed by atoms with van der Waals surface area (Å²) in [5, 5.41) is 3.35.